The molecule has 184 valence electrons. The summed E-state index contributed by atoms with van der Waals surface area (Å²) < 4.78 is 54.5. The number of nitrogens with zero attached hydrogens (tertiary/aromatic N) is 4. The Morgan fingerprint density at radius 2 is 1.89 bits per heavy atom. The topological polar surface area (TPSA) is 105 Å². The number of hydrogen-bond donors (Lipinski definition) is 3. The van der Waals surface area contributed by atoms with Crippen molar-refractivity contribution in [2.75, 3.05) is 11.9 Å². The van der Waals surface area contributed by atoms with Gasteiger partial charge in [0.25, 0.3) is 0 Å². The van der Waals surface area contributed by atoms with Crippen molar-refractivity contribution in [3.05, 3.63) is 77.3 Å². The molecular formula is C24H19F4N7S. The van der Waals surface area contributed by atoms with Gasteiger partial charge in [0.1, 0.15) is 11.5 Å². The van der Waals surface area contributed by atoms with E-state index in [1.807, 2.05) is 35.4 Å². The van der Waals surface area contributed by atoms with E-state index in [0.717, 1.165) is 17.8 Å². The fourth-order valence-corrected chi connectivity index (χ4v) is 4.68. The van der Waals surface area contributed by atoms with Crippen molar-refractivity contribution in [3.8, 4) is 22.6 Å². The van der Waals surface area contributed by atoms with Crippen LogP contribution in [0, 0.1) is 5.82 Å². The highest BCUT2D eigenvalue weighted by atomic mass is 32.1. The molecule has 4 N–H and O–H groups in total. The van der Waals surface area contributed by atoms with Crippen molar-refractivity contribution in [1.29, 1.82) is 0 Å². The van der Waals surface area contributed by atoms with Crippen molar-refractivity contribution < 1.29 is 17.6 Å². The van der Waals surface area contributed by atoms with E-state index in [-0.39, 0.29) is 23.1 Å². The zero-order chi connectivity index (χ0) is 25.3. The Bertz CT molecular complexity index is 1500. The van der Waals surface area contributed by atoms with Crippen LogP contribution in [-0.2, 0) is 12.6 Å². The number of H-pyrrole nitrogens is 1. The molecule has 5 rings (SSSR count). The van der Waals surface area contributed by atoms with E-state index in [0.29, 0.717) is 34.6 Å². The monoisotopic (exact) mass is 513 g/mol. The number of anilines is 1. The predicted molar refractivity (Wildman–Crippen MR) is 130 cm³/mol. The second-order valence-electron chi connectivity index (χ2n) is 8.07. The van der Waals surface area contributed by atoms with Gasteiger partial charge in [0.2, 0.25) is 0 Å². The molecule has 4 aromatic heterocycles. The molecule has 0 aliphatic rings. The summed E-state index contributed by atoms with van der Waals surface area (Å²) in [7, 11) is 0. The van der Waals surface area contributed by atoms with Gasteiger partial charge in [-0.05, 0) is 24.1 Å². The molecule has 4 heterocycles. The zero-order valence-corrected chi connectivity index (χ0v) is 19.4. The molecule has 36 heavy (non-hydrogen) atoms. The highest BCUT2D eigenvalue weighted by molar-refractivity contribution is 7.18. The Balaban J connectivity index is 1.53. The van der Waals surface area contributed by atoms with E-state index in [1.165, 1.54) is 23.6 Å². The first-order chi connectivity index (χ1) is 17.3. The molecule has 0 amide bonds. The van der Waals surface area contributed by atoms with E-state index in [9.17, 15) is 17.6 Å². The zero-order valence-electron chi connectivity index (χ0n) is 18.6. The summed E-state index contributed by atoms with van der Waals surface area (Å²) in [6, 6.07) is 11.9. The van der Waals surface area contributed by atoms with Gasteiger partial charge in [0, 0.05) is 29.7 Å². The van der Waals surface area contributed by atoms with E-state index in [1.54, 1.807) is 5.38 Å². The molecular weight excluding hydrogens is 494 g/mol. The maximum atomic E-state index is 14.5. The average Bonchev–Trinajstić information content (AvgIpc) is 3.51. The summed E-state index contributed by atoms with van der Waals surface area (Å²) in [6.45, 7) is 0.354. The number of hydrogen-bond acceptors (Lipinski definition) is 7. The maximum Gasteiger partial charge on any atom is 0.432 e. The average molecular weight is 514 g/mol. The number of rotatable bonds is 7. The first kappa shape index (κ1) is 23.8. The number of thiophene rings is 1. The molecule has 0 aliphatic carbocycles. The summed E-state index contributed by atoms with van der Waals surface area (Å²) in [5.74, 6) is -0.162. The van der Waals surface area contributed by atoms with Crippen LogP contribution in [0.3, 0.4) is 0 Å². The Kier molecular flexibility index (Phi) is 6.37. The van der Waals surface area contributed by atoms with Gasteiger partial charge in [0.15, 0.2) is 11.6 Å². The van der Waals surface area contributed by atoms with Crippen molar-refractivity contribution in [3.63, 3.8) is 0 Å². The summed E-state index contributed by atoms with van der Waals surface area (Å²) in [5.41, 5.74) is 7.32. The van der Waals surface area contributed by atoms with E-state index in [4.69, 9.17) is 5.73 Å². The second kappa shape index (κ2) is 9.63. The van der Waals surface area contributed by atoms with Crippen molar-refractivity contribution in [2.24, 2.45) is 5.73 Å². The molecule has 0 fully saturated rings. The highest BCUT2D eigenvalue weighted by Crippen LogP contribution is 2.38. The Morgan fingerprint density at radius 1 is 1.08 bits per heavy atom. The van der Waals surface area contributed by atoms with Crippen LogP contribution in [0.15, 0.2) is 60.2 Å². The van der Waals surface area contributed by atoms with E-state index >= 15 is 0 Å². The van der Waals surface area contributed by atoms with Gasteiger partial charge in [-0.3, -0.25) is 10.1 Å². The number of pyridine rings is 1. The van der Waals surface area contributed by atoms with Crippen molar-refractivity contribution >= 4 is 27.4 Å². The van der Waals surface area contributed by atoms with E-state index < -0.39 is 17.7 Å². The number of fused-ring (bicyclic) bond motifs is 1. The third-order valence-electron chi connectivity index (χ3n) is 5.46. The summed E-state index contributed by atoms with van der Waals surface area (Å²) >= 11 is 1.25. The van der Waals surface area contributed by atoms with Crippen molar-refractivity contribution in [2.45, 2.75) is 18.6 Å². The predicted octanol–water partition coefficient (Wildman–Crippen LogP) is 5.28. The van der Waals surface area contributed by atoms with Crippen LogP contribution < -0.4 is 11.1 Å². The number of benzene rings is 1. The number of aromatic nitrogens is 5. The van der Waals surface area contributed by atoms with Gasteiger partial charge in [-0.2, -0.15) is 18.3 Å². The highest BCUT2D eigenvalue weighted by Gasteiger charge is 2.33. The fraction of sp³-hybridized carbons (Fsp3) is 0.167. The van der Waals surface area contributed by atoms with Crippen LogP contribution in [0.5, 0.6) is 0 Å². The van der Waals surface area contributed by atoms with Crippen LogP contribution in [0.1, 0.15) is 11.3 Å². The molecule has 1 aromatic carbocycles. The normalized spacial score (nSPS) is 12.7. The Morgan fingerprint density at radius 3 is 2.61 bits per heavy atom. The fourth-order valence-electron chi connectivity index (χ4n) is 3.72. The lowest BCUT2D eigenvalue weighted by atomic mass is 10.1. The molecule has 0 saturated heterocycles. The van der Waals surface area contributed by atoms with Crippen LogP contribution in [0.25, 0.3) is 32.9 Å². The first-order valence-corrected chi connectivity index (χ1v) is 11.7. The smallest absolute Gasteiger partial charge is 0.367 e. The molecule has 0 aliphatic heterocycles. The van der Waals surface area contributed by atoms with Gasteiger partial charge in [-0.25, -0.2) is 14.4 Å². The number of nitrogens with one attached hydrogen (secondary N) is 2. The molecule has 7 nitrogen and oxygen atoms in total. The second-order valence-corrected chi connectivity index (χ2v) is 8.95. The molecule has 1 unspecified atom stereocenters. The lowest BCUT2D eigenvalue weighted by Crippen LogP contribution is -2.31. The lowest BCUT2D eigenvalue weighted by Gasteiger charge is -2.15. The van der Waals surface area contributed by atoms with Gasteiger partial charge in [-0.15, -0.1) is 11.3 Å². The molecule has 0 saturated carbocycles. The third-order valence-corrected chi connectivity index (χ3v) is 6.44. The quantitative estimate of drug-likeness (QED) is 0.256. The number of alkyl halides is 3. The Labute approximate surface area is 206 Å². The largest absolute Gasteiger partial charge is 0.432 e. The summed E-state index contributed by atoms with van der Waals surface area (Å²) in [6.07, 6.45) is -1.49. The minimum absolute atomic E-state index is 0.0627. The van der Waals surface area contributed by atoms with Crippen LogP contribution in [-0.4, -0.2) is 37.7 Å². The van der Waals surface area contributed by atoms with Crippen LogP contribution in [0.2, 0.25) is 0 Å². The lowest BCUT2D eigenvalue weighted by molar-refractivity contribution is -0.141. The van der Waals surface area contributed by atoms with Gasteiger partial charge < -0.3 is 11.1 Å². The number of nitrogens with two attached hydrogens (primary N) is 1. The van der Waals surface area contributed by atoms with Gasteiger partial charge >= 0.3 is 6.18 Å². The Hall–Kier alpha value is -3.90. The minimum Gasteiger partial charge on any atom is -0.367 e. The molecule has 0 spiro atoms. The summed E-state index contributed by atoms with van der Waals surface area (Å²) in [4.78, 5) is 12.8. The van der Waals surface area contributed by atoms with Gasteiger partial charge in [0.05, 0.1) is 27.7 Å². The van der Waals surface area contributed by atoms with Crippen molar-refractivity contribution in [1.82, 2.24) is 25.1 Å². The number of aromatic amines is 1. The molecule has 1 atom stereocenters. The summed E-state index contributed by atoms with van der Waals surface area (Å²) in [5, 5.41) is 10.7. The number of halogens is 4. The van der Waals surface area contributed by atoms with Gasteiger partial charge in [-0.1, -0.05) is 30.3 Å². The van der Waals surface area contributed by atoms with Crippen LogP contribution in [0.4, 0.5) is 23.4 Å². The van der Waals surface area contributed by atoms with Crippen LogP contribution >= 0.6 is 11.3 Å². The maximum absolute atomic E-state index is 14.5. The molecule has 5 aromatic rings. The van der Waals surface area contributed by atoms with E-state index in [2.05, 4.69) is 25.4 Å². The SMILES string of the molecule is NC(CNc1nc(-c2ccncc2F)nc2c(-c3cc(C(F)(F)F)[nH]n3)csc12)Cc1ccccc1. The molecule has 12 heteroatoms. The minimum atomic E-state index is -4.57. The molecule has 0 bridgehead atoms. The third kappa shape index (κ3) is 4.90. The first-order valence-electron chi connectivity index (χ1n) is 10.8. The molecule has 0 radical (unpaired) electrons. The standard InChI is InChI=1S/C24H19F4N7S/c25-17-11-30-7-6-15(17)22-32-20-16(18-9-19(35-34-18)24(26,27)28)12-36-21(20)23(33-22)31-10-14(29)8-13-4-2-1-3-5-13/h1-7,9,11-12,14H,8,10,29H2,(H,34,35)(H,31,32,33).